The van der Waals surface area contributed by atoms with Gasteiger partial charge in [0, 0.05) is 11.5 Å². The fourth-order valence-electron chi connectivity index (χ4n) is 1.42. The molecule has 1 unspecified atom stereocenters. The van der Waals surface area contributed by atoms with Gasteiger partial charge in [0.15, 0.2) is 0 Å². The summed E-state index contributed by atoms with van der Waals surface area (Å²) in [5.41, 5.74) is 2.32. The van der Waals surface area contributed by atoms with E-state index in [1.165, 1.54) is 0 Å². The van der Waals surface area contributed by atoms with Crippen LogP contribution in [0.4, 0.5) is 0 Å². The lowest BCUT2D eigenvalue weighted by Crippen LogP contribution is -2.03. The minimum Gasteiger partial charge on any atom is -0.198 e. The monoisotopic (exact) mass is 246 g/mol. The van der Waals surface area contributed by atoms with Gasteiger partial charge in [-0.05, 0) is 31.0 Å². The van der Waals surface area contributed by atoms with Gasteiger partial charge in [-0.25, -0.2) is 0 Å². The molecule has 0 N–H and O–H groups in total. The predicted molar refractivity (Wildman–Crippen MR) is 70.3 cm³/mol. The van der Waals surface area contributed by atoms with E-state index in [0.717, 1.165) is 11.1 Å². The van der Waals surface area contributed by atoms with Crippen LogP contribution in [-0.2, 0) is 6.42 Å². The molecule has 2 nitrogen and oxygen atoms in total. The Labute approximate surface area is 106 Å². The molecule has 1 aromatic carbocycles. The van der Waals surface area contributed by atoms with Gasteiger partial charge in [-0.3, -0.25) is 0 Å². The standard InChI is InChI=1S/C12H10N2S2/c1-8(6-13)4-10-5-9(7-14)2-3-11(10)12(15)16/h2-3,5,8H,4H2,1H3,(H,15,16). The lowest BCUT2D eigenvalue weighted by Gasteiger charge is -2.09. The van der Waals surface area contributed by atoms with E-state index in [2.05, 4.69) is 24.8 Å². The molecule has 1 atom stereocenters. The van der Waals surface area contributed by atoms with Crippen molar-refractivity contribution < 1.29 is 0 Å². The normalized spacial score (nSPS) is 11.2. The van der Waals surface area contributed by atoms with Gasteiger partial charge in [0.2, 0.25) is 0 Å². The van der Waals surface area contributed by atoms with Gasteiger partial charge in [-0.15, -0.1) is 12.6 Å². The first-order valence-corrected chi connectivity index (χ1v) is 5.60. The molecule has 0 aliphatic carbocycles. The molecular formula is C12H10N2S2. The van der Waals surface area contributed by atoms with Gasteiger partial charge >= 0.3 is 0 Å². The second-order valence-electron chi connectivity index (χ2n) is 3.52. The molecule has 4 heteroatoms. The van der Waals surface area contributed by atoms with Crippen molar-refractivity contribution in [2.45, 2.75) is 13.3 Å². The zero-order chi connectivity index (χ0) is 12.1. The van der Waals surface area contributed by atoms with Crippen LogP contribution < -0.4 is 0 Å². The molecule has 0 aliphatic heterocycles. The average molecular weight is 246 g/mol. The van der Waals surface area contributed by atoms with Crippen molar-refractivity contribution in [1.82, 2.24) is 0 Å². The van der Waals surface area contributed by atoms with Crippen molar-refractivity contribution in [3.63, 3.8) is 0 Å². The van der Waals surface area contributed by atoms with Gasteiger partial charge in [0.25, 0.3) is 0 Å². The molecule has 0 fully saturated rings. The van der Waals surface area contributed by atoms with Crippen LogP contribution in [0.25, 0.3) is 0 Å². The van der Waals surface area contributed by atoms with Crippen LogP contribution in [0.3, 0.4) is 0 Å². The third kappa shape index (κ3) is 3.06. The highest BCUT2D eigenvalue weighted by Crippen LogP contribution is 2.18. The van der Waals surface area contributed by atoms with Gasteiger partial charge in [-0.2, -0.15) is 10.5 Å². The summed E-state index contributed by atoms with van der Waals surface area (Å²) in [6.45, 7) is 1.84. The third-order valence-corrected chi connectivity index (χ3v) is 2.67. The molecular weight excluding hydrogens is 236 g/mol. The quantitative estimate of drug-likeness (QED) is 0.659. The largest absolute Gasteiger partial charge is 0.198 e. The van der Waals surface area contributed by atoms with Crippen molar-refractivity contribution >= 4 is 29.0 Å². The minimum absolute atomic E-state index is 0.102. The highest BCUT2D eigenvalue weighted by molar-refractivity contribution is 8.11. The zero-order valence-electron chi connectivity index (χ0n) is 8.77. The molecule has 16 heavy (non-hydrogen) atoms. The molecule has 0 aliphatic rings. The highest BCUT2D eigenvalue weighted by Gasteiger charge is 2.10. The molecule has 0 spiro atoms. The Hall–Kier alpha value is -1.36. The van der Waals surface area contributed by atoms with Crippen LogP contribution in [0, 0.1) is 28.6 Å². The van der Waals surface area contributed by atoms with E-state index in [-0.39, 0.29) is 5.92 Å². The topological polar surface area (TPSA) is 47.6 Å². The van der Waals surface area contributed by atoms with Crippen molar-refractivity contribution in [3.05, 3.63) is 34.9 Å². The van der Waals surface area contributed by atoms with Crippen LogP contribution in [0.2, 0.25) is 0 Å². The summed E-state index contributed by atoms with van der Waals surface area (Å²) in [4.78, 5) is 0. The molecule has 0 saturated carbocycles. The molecule has 0 saturated heterocycles. The fraction of sp³-hybridized carbons (Fsp3) is 0.250. The number of rotatable bonds is 3. The highest BCUT2D eigenvalue weighted by atomic mass is 32.1. The zero-order valence-corrected chi connectivity index (χ0v) is 10.5. The summed E-state index contributed by atoms with van der Waals surface area (Å²) in [5.74, 6) is -0.102. The van der Waals surface area contributed by atoms with Gasteiger partial charge in [0.05, 0.1) is 21.9 Å². The van der Waals surface area contributed by atoms with E-state index in [1.807, 2.05) is 6.92 Å². The van der Waals surface area contributed by atoms with E-state index in [4.69, 9.17) is 22.7 Å². The third-order valence-electron chi connectivity index (χ3n) is 2.21. The Kier molecular flexibility index (Phi) is 4.49. The van der Waals surface area contributed by atoms with Gasteiger partial charge in [0.1, 0.15) is 0 Å². The van der Waals surface area contributed by atoms with E-state index < -0.39 is 0 Å². The van der Waals surface area contributed by atoms with Crippen molar-refractivity contribution in [2.75, 3.05) is 0 Å². The number of thiol groups is 1. The van der Waals surface area contributed by atoms with E-state index in [9.17, 15) is 0 Å². The Bertz CT molecular complexity index is 495. The fourth-order valence-corrected chi connectivity index (χ4v) is 1.83. The number of nitrogens with zero attached hydrogens (tertiary/aromatic N) is 2. The number of hydrogen-bond acceptors (Lipinski definition) is 3. The van der Waals surface area contributed by atoms with Gasteiger partial charge in [-0.1, -0.05) is 18.3 Å². The molecule has 0 bridgehead atoms. The maximum absolute atomic E-state index is 8.82. The molecule has 80 valence electrons. The molecule has 0 aromatic heterocycles. The van der Waals surface area contributed by atoms with Crippen molar-refractivity contribution in [3.8, 4) is 12.1 Å². The maximum atomic E-state index is 8.82. The Morgan fingerprint density at radius 1 is 1.50 bits per heavy atom. The first-order chi connectivity index (χ1) is 7.58. The maximum Gasteiger partial charge on any atom is 0.0991 e. The number of thiocarbonyl (C=S) groups is 1. The van der Waals surface area contributed by atoms with Crippen molar-refractivity contribution in [2.24, 2.45) is 5.92 Å². The molecule has 1 rings (SSSR count). The molecule has 0 heterocycles. The molecule has 0 radical (unpaired) electrons. The summed E-state index contributed by atoms with van der Waals surface area (Å²) in [6, 6.07) is 9.50. The van der Waals surface area contributed by atoms with Crippen LogP contribution in [0.5, 0.6) is 0 Å². The predicted octanol–water partition coefficient (Wildman–Crippen LogP) is 2.87. The van der Waals surface area contributed by atoms with Crippen LogP contribution in [0.15, 0.2) is 18.2 Å². The summed E-state index contributed by atoms with van der Waals surface area (Å²) in [6.07, 6.45) is 0.585. The summed E-state index contributed by atoms with van der Waals surface area (Å²) < 4.78 is 0.490. The summed E-state index contributed by atoms with van der Waals surface area (Å²) in [5, 5.41) is 17.6. The second kappa shape index (κ2) is 5.65. The number of benzene rings is 1. The van der Waals surface area contributed by atoms with Crippen LogP contribution in [0.1, 0.15) is 23.6 Å². The Morgan fingerprint density at radius 3 is 2.69 bits per heavy atom. The molecule has 0 amide bonds. The average Bonchev–Trinajstić information content (AvgIpc) is 2.28. The summed E-state index contributed by atoms with van der Waals surface area (Å²) in [7, 11) is 0. The van der Waals surface area contributed by atoms with Crippen molar-refractivity contribution in [1.29, 1.82) is 10.5 Å². The second-order valence-corrected chi connectivity index (χ2v) is 4.68. The van der Waals surface area contributed by atoms with Crippen LogP contribution in [-0.4, -0.2) is 4.20 Å². The van der Waals surface area contributed by atoms with Crippen LogP contribution >= 0.6 is 24.8 Å². The summed E-state index contributed by atoms with van der Waals surface area (Å²) >= 11 is 9.15. The number of hydrogen-bond donors (Lipinski definition) is 1. The first-order valence-electron chi connectivity index (χ1n) is 4.74. The lowest BCUT2D eigenvalue weighted by molar-refractivity contribution is 0.738. The Morgan fingerprint density at radius 2 is 2.19 bits per heavy atom. The Balaban J connectivity index is 3.17. The smallest absolute Gasteiger partial charge is 0.0991 e. The van der Waals surface area contributed by atoms with E-state index in [0.29, 0.717) is 16.2 Å². The van der Waals surface area contributed by atoms with Gasteiger partial charge < -0.3 is 0 Å². The lowest BCUT2D eigenvalue weighted by atomic mass is 9.96. The number of nitriles is 2. The first kappa shape index (κ1) is 12.7. The molecule has 1 aromatic rings. The SMILES string of the molecule is CC(C#N)Cc1cc(C#N)ccc1C(=S)S. The van der Waals surface area contributed by atoms with E-state index >= 15 is 0 Å². The van der Waals surface area contributed by atoms with E-state index in [1.54, 1.807) is 18.2 Å². The minimum atomic E-state index is -0.102.